The number of fused-ring (bicyclic) bond motifs is 4. The Hall–Kier alpha value is -2.61. The third kappa shape index (κ3) is 3.32. The van der Waals surface area contributed by atoms with Gasteiger partial charge in [0, 0.05) is 23.3 Å². The SMILES string of the molecule is CC(=O)c1ccc([C@H]2C[C@@]3(C)[C@@H](C=C[C@@]3(O)C(F)(F)C(F)(F)F)[C@@H]3CCC4=CC(=O)CCC4=C32)cc1. The normalized spacial score (nSPS) is 34.2. The summed E-state index contributed by atoms with van der Waals surface area (Å²) in [5.74, 6) is -7.08. The Morgan fingerprint density at radius 3 is 2.33 bits per heavy atom. The summed E-state index contributed by atoms with van der Waals surface area (Å²) in [5.41, 5.74) is -1.20. The maximum absolute atomic E-state index is 14.9. The van der Waals surface area contributed by atoms with Crippen LogP contribution in [0.4, 0.5) is 22.0 Å². The van der Waals surface area contributed by atoms with Crippen LogP contribution in [0.2, 0.25) is 0 Å². The standard InChI is InChI=1S/C28H27F5O3/c1-15(34)16-3-5-17(6-4-16)22-14-25(2)23(11-12-26(25,36)27(29,30)28(31,32)33)21-9-7-18-13-19(35)8-10-20(18)24(21)22/h3-6,11-13,21-23,36H,7-10,14H2,1-2H3/t21-,22+,23-,25-,26-/m0/s1. The Bertz CT molecular complexity index is 1220. The lowest BCUT2D eigenvalue weighted by atomic mass is 9.50. The van der Waals surface area contributed by atoms with E-state index in [1.165, 1.54) is 19.9 Å². The Balaban J connectivity index is 1.69. The molecule has 0 aliphatic heterocycles. The van der Waals surface area contributed by atoms with E-state index in [1.54, 1.807) is 30.3 Å². The van der Waals surface area contributed by atoms with Gasteiger partial charge >= 0.3 is 12.1 Å². The van der Waals surface area contributed by atoms with Gasteiger partial charge in [-0.05, 0) is 73.3 Å². The first-order chi connectivity index (χ1) is 16.7. The van der Waals surface area contributed by atoms with E-state index in [0.29, 0.717) is 42.9 Å². The summed E-state index contributed by atoms with van der Waals surface area (Å²) in [7, 11) is 0. The first-order valence-electron chi connectivity index (χ1n) is 12.1. The summed E-state index contributed by atoms with van der Waals surface area (Å²) in [6, 6.07) is 6.68. The van der Waals surface area contributed by atoms with Crippen LogP contribution in [0.15, 0.2) is 59.2 Å². The largest absolute Gasteiger partial charge is 0.456 e. The third-order valence-corrected chi connectivity index (χ3v) is 8.96. The van der Waals surface area contributed by atoms with Crippen LogP contribution in [0.3, 0.4) is 0 Å². The number of allylic oxidation sites excluding steroid dienone is 5. The molecule has 0 saturated heterocycles. The molecule has 3 nitrogen and oxygen atoms in total. The number of hydrogen-bond acceptors (Lipinski definition) is 3. The number of rotatable bonds is 3. The van der Waals surface area contributed by atoms with Gasteiger partial charge < -0.3 is 5.11 Å². The van der Waals surface area contributed by atoms with Crippen LogP contribution in [-0.2, 0) is 4.79 Å². The van der Waals surface area contributed by atoms with Crippen molar-refractivity contribution in [1.29, 1.82) is 0 Å². The van der Waals surface area contributed by atoms with Crippen molar-refractivity contribution in [2.75, 3.05) is 0 Å². The second-order valence-corrected chi connectivity index (χ2v) is 10.8. The molecule has 0 heterocycles. The molecule has 0 bridgehead atoms. The first-order valence-corrected chi connectivity index (χ1v) is 12.1. The summed E-state index contributed by atoms with van der Waals surface area (Å²) >= 11 is 0. The molecule has 4 aliphatic rings. The molecule has 1 aromatic rings. The van der Waals surface area contributed by atoms with E-state index >= 15 is 0 Å². The van der Waals surface area contributed by atoms with E-state index in [1.807, 2.05) is 0 Å². The average molecular weight is 507 g/mol. The number of hydrogen-bond donors (Lipinski definition) is 1. The first kappa shape index (κ1) is 25.1. The van der Waals surface area contributed by atoms with Crippen molar-refractivity contribution in [2.24, 2.45) is 17.3 Å². The quantitative estimate of drug-likeness (QED) is 0.290. The number of carbonyl (C=O) groups excluding carboxylic acids is 2. The minimum Gasteiger partial charge on any atom is -0.378 e. The number of aliphatic hydroxyl groups is 1. The molecule has 0 radical (unpaired) electrons. The van der Waals surface area contributed by atoms with Gasteiger partial charge in [0.15, 0.2) is 17.2 Å². The maximum atomic E-state index is 14.9. The van der Waals surface area contributed by atoms with Crippen molar-refractivity contribution < 1.29 is 36.6 Å². The van der Waals surface area contributed by atoms with Crippen molar-refractivity contribution in [3.05, 3.63) is 70.3 Å². The number of Topliss-reactive ketones (excluding diaryl/α,β-unsaturated/α-hetero) is 1. The fourth-order valence-corrected chi connectivity index (χ4v) is 7.08. The molecule has 36 heavy (non-hydrogen) atoms. The lowest BCUT2D eigenvalue weighted by Crippen LogP contribution is -2.65. The average Bonchev–Trinajstić information content (AvgIpc) is 3.09. The van der Waals surface area contributed by atoms with E-state index < -0.39 is 35.0 Å². The zero-order chi connectivity index (χ0) is 26.3. The van der Waals surface area contributed by atoms with Gasteiger partial charge in [0.05, 0.1) is 0 Å². The summed E-state index contributed by atoms with van der Waals surface area (Å²) in [4.78, 5) is 23.9. The maximum Gasteiger partial charge on any atom is 0.456 e. The van der Waals surface area contributed by atoms with Crippen LogP contribution in [0.1, 0.15) is 67.8 Å². The van der Waals surface area contributed by atoms with Gasteiger partial charge in [0.2, 0.25) is 0 Å². The Kier molecular flexibility index (Phi) is 5.53. The molecule has 4 aliphatic carbocycles. The van der Waals surface area contributed by atoms with Gasteiger partial charge in [-0.2, -0.15) is 22.0 Å². The van der Waals surface area contributed by atoms with E-state index in [-0.39, 0.29) is 23.9 Å². The van der Waals surface area contributed by atoms with E-state index in [9.17, 15) is 36.6 Å². The fourth-order valence-electron chi connectivity index (χ4n) is 7.08. The molecule has 1 saturated carbocycles. The van der Waals surface area contributed by atoms with Gasteiger partial charge in [-0.3, -0.25) is 9.59 Å². The minimum absolute atomic E-state index is 0.0239. The minimum atomic E-state index is -5.92. The Morgan fingerprint density at radius 1 is 1.06 bits per heavy atom. The highest BCUT2D eigenvalue weighted by atomic mass is 19.4. The van der Waals surface area contributed by atoms with Crippen molar-refractivity contribution in [2.45, 2.75) is 69.6 Å². The molecular formula is C28H27F5O3. The molecular weight excluding hydrogens is 479 g/mol. The van der Waals surface area contributed by atoms with Crippen LogP contribution in [-0.4, -0.2) is 34.4 Å². The highest BCUT2D eigenvalue weighted by Gasteiger charge is 2.77. The molecule has 1 fully saturated rings. The molecule has 0 unspecified atom stereocenters. The predicted molar refractivity (Wildman–Crippen MR) is 123 cm³/mol. The number of halogens is 5. The number of benzene rings is 1. The zero-order valence-electron chi connectivity index (χ0n) is 20.0. The second kappa shape index (κ2) is 7.94. The number of carbonyl (C=O) groups is 2. The molecule has 192 valence electrons. The fraction of sp³-hybridized carbons (Fsp3) is 0.500. The van der Waals surface area contributed by atoms with Crippen LogP contribution in [0.5, 0.6) is 0 Å². The van der Waals surface area contributed by atoms with Gasteiger partial charge in [0.1, 0.15) is 0 Å². The van der Waals surface area contributed by atoms with Crippen molar-refractivity contribution in [3.8, 4) is 0 Å². The van der Waals surface area contributed by atoms with Gasteiger partial charge in [-0.1, -0.05) is 42.8 Å². The summed E-state index contributed by atoms with van der Waals surface area (Å²) in [6.07, 6.45) is -0.584. The number of ketones is 2. The molecule has 1 N–H and O–H groups in total. The summed E-state index contributed by atoms with van der Waals surface area (Å²) < 4.78 is 70.5. The molecule has 5 atom stereocenters. The lowest BCUT2D eigenvalue weighted by molar-refractivity contribution is -0.352. The highest BCUT2D eigenvalue weighted by molar-refractivity contribution is 5.94. The highest BCUT2D eigenvalue weighted by Crippen LogP contribution is 2.68. The van der Waals surface area contributed by atoms with E-state index in [0.717, 1.165) is 16.7 Å². The van der Waals surface area contributed by atoms with Crippen molar-refractivity contribution >= 4 is 11.6 Å². The third-order valence-electron chi connectivity index (χ3n) is 8.96. The van der Waals surface area contributed by atoms with Crippen LogP contribution in [0, 0.1) is 17.3 Å². The topological polar surface area (TPSA) is 54.4 Å². The lowest BCUT2D eigenvalue weighted by Gasteiger charge is -2.56. The van der Waals surface area contributed by atoms with E-state index in [2.05, 4.69) is 0 Å². The van der Waals surface area contributed by atoms with Gasteiger partial charge in [0.25, 0.3) is 0 Å². The Morgan fingerprint density at radius 2 is 1.72 bits per heavy atom. The second-order valence-electron chi connectivity index (χ2n) is 10.8. The van der Waals surface area contributed by atoms with Gasteiger partial charge in [-0.25, -0.2) is 0 Å². The van der Waals surface area contributed by atoms with Crippen LogP contribution >= 0.6 is 0 Å². The summed E-state index contributed by atoms with van der Waals surface area (Å²) in [6.45, 7) is 2.76. The molecule has 1 aromatic carbocycles. The van der Waals surface area contributed by atoms with Crippen molar-refractivity contribution in [1.82, 2.24) is 0 Å². The Labute approximate surface area is 205 Å². The number of alkyl halides is 5. The van der Waals surface area contributed by atoms with Crippen LogP contribution < -0.4 is 0 Å². The molecule has 5 rings (SSSR count). The van der Waals surface area contributed by atoms with Crippen molar-refractivity contribution in [3.63, 3.8) is 0 Å². The van der Waals surface area contributed by atoms with Crippen LogP contribution in [0.25, 0.3) is 0 Å². The predicted octanol–water partition coefficient (Wildman–Crippen LogP) is 6.49. The van der Waals surface area contributed by atoms with E-state index in [4.69, 9.17) is 0 Å². The molecule has 8 heteroatoms. The zero-order valence-corrected chi connectivity index (χ0v) is 20.0. The molecule has 0 amide bonds. The van der Waals surface area contributed by atoms with Gasteiger partial charge in [-0.15, -0.1) is 0 Å². The smallest absolute Gasteiger partial charge is 0.378 e. The monoisotopic (exact) mass is 506 g/mol. The molecule has 0 spiro atoms. The summed E-state index contributed by atoms with van der Waals surface area (Å²) in [5, 5.41) is 11.2. The molecule has 0 aromatic heterocycles.